The lowest BCUT2D eigenvalue weighted by Crippen LogP contribution is -2.01. The molecule has 0 saturated heterocycles. The molecule has 4 nitrogen and oxygen atoms in total. The van der Waals surface area contributed by atoms with Crippen LogP contribution in [0.5, 0.6) is 0 Å². The Balaban J connectivity index is 1.81. The molecule has 2 N–H and O–H groups in total. The van der Waals surface area contributed by atoms with Gasteiger partial charge in [0.1, 0.15) is 17.0 Å². The molecule has 3 rings (SSSR count). The fourth-order valence-electron chi connectivity index (χ4n) is 2.00. The summed E-state index contributed by atoms with van der Waals surface area (Å²) in [5.41, 5.74) is 8.32. The molecule has 0 radical (unpaired) electrons. The van der Waals surface area contributed by atoms with Gasteiger partial charge in [-0.25, -0.2) is 4.98 Å². The molecule has 2 heterocycles. The highest BCUT2D eigenvalue weighted by molar-refractivity contribution is 5.72. The SMILES string of the molecule is NCCc1ccc(Cc2ccc3ncoc3c2)o1. The summed E-state index contributed by atoms with van der Waals surface area (Å²) < 4.78 is 11.0. The first-order valence-electron chi connectivity index (χ1n) is 5.95. The molecule has 3 aromatic rings. The van der Waals surface area contributed by atoms with Gasteiger partial charge in [-0.3, -0.25) is 0 Å². The summed E-state index contributed by atoms with van der Waals surface area (Å²) >= 11 is 0. The van der Waals surface area contributed by atoms with Crippen LogP contribution in [0.4, 0.5) is 0 Å². The molecular formula is C14H14N2O2. The van der Waals surface area contributed by atoms with Gasteiger partial charge in [-0.15, -0.1) is 0 Å². The van der Waals surface area contributed by atoms with Crippen LogP contribution in [0, 0.1) is 0 Å². The van der Waals surface area contributed by atoms with Crippen molar-refractivity contribution in [2.24, 2.45) is 5.73 Å². The molecule has 2 aromatic heterocycles. The molecule has 0 unspecified atom stereocenters. The lowest BCUT2D eigenvalue weighted by molar-refractivity contribution is 0.474. The second-order valence-corrected chi connectivity index (χ2v) is 4.24. The number of nitrogens with two attached hydrogens (primary N) is 1. The lowest BCUT2D eigenvalue weighted by Gasteiger charge is -1.98. The Morgan fingerprint density at radius 3 is 2.89 bits per heavy atom. The third-order valence-corrected chi connectivity index (χ3v) is 2.88. The maximum atomic E-state index is 5.70. The standard InChI is InChI=1S/C14H14N2O2/c15-6-5-11-2-3-12(18-11)7-10-1-4-13-14(8-10)17-9-16-13/h1-4,8-9H,5-7,15H2. The molecule has 0 bridgehead atoms. The zero-order valence-electron chi connectivity index (χ0n) is 9.93. The van der Waals surface area contributed by atoms with E-state index in [0.29, 0.717) is 6.54 Å². The van der Waals surface area contributed by atoms with Crippen LogP contribution in [-0.2, 0) is 12.8 Å². The van der Waals surface area contributed by atoms with Crippen molar-refractivity contribution in [3.05, 3.63) is 53.8 Å². The third-order valence-electron chi connectivity index (χ3n) is 2.88. The summed E-state index contributed by atoms with van der Waals surface area (Å²) in [7, 11) is 0. The van der Waals surface area contributed by atoms with Crippen LogP contribution in [0.3, 0.4) is 0 Å². The van der Waals surface area contributed by atoms with Crippen molar-refractivity contribution in [3.63, 3.8) is 0 Å². The van der Waals surface area contributed by atoms with Gasteiger partial charge in [0, 0.05) is 12.8 Å². The molecule has 0 saturated carbocycles. The molecule has 0 amide bonds. The second-order valence-electron chi connectivity index (χ2n) is 4.24. The first-order chi connectivity index (χ1) is 8.85. The van der Waals surface area contributed by atoms with Crippen molar-refractivity contribution >= 4 is 11.1 Å². The monoisotopic (exact) mass is 242 g/mol. The predicted molar refractivity (Wildman–Crippen MR) is 68.3 cm³/mol. The van der Waals surface area contributed by atoms with Crippen LogP contribution in [-0.4, -0.2) is 11.5 Å². The number of oxazole rings is 1. The van der Waals surface area contributed by atoms with E-state index in [2.05, 4.69) is 4.98 Å². The summed E-state index contributed by atoms with van der Waals surface area (Å²) in [5, 5.41) is 0. The van der Waals surface area contributed by atoms with Gasteiger partial charge < -0.3 is 14.6 Å². The van der Waals surface area contributed by atoms with Gasteiger partial charge in [0.05, 0.1) is 0 Å². The molecular weight excluding hydrogens is 228 g/mol. The molecule has 0 aliphatic heterocycles. The maximum absolute atomic E-state index is 5.70. The van der Waals surface area contributed by atoms with Crippen LogP contribution >= 0.6 is 0 Å². The average Bonchev–Trinajstić information content (AvgIpc) is 2.98. The van der Waals surface area contributed by atoms with Crippen LogP contribution < -0.4 is 5.73 Å². The number of hydrogen-bond acceptors (Lipinski definition) is 4. The summed E-state index contributed by atoms with van der Waals surface area (Å²) in [6, 6.07) is 9.96. The van der Waals surface area contributed by atoms with E-state index in [0.717, 1.165) is 41.0 Å². The van der Waals surface area contributed by atoms with Gasteiger partial charge >= 0.3 is 0 Å². The molecule has 0 atom stereocenters. The van der Waals surface area contributed by atoms with Crippen LogP contribution in [0.25, 0.3) is 11.1 Å². The Bertz CT molecular complexity index is 654. The summed E-state index contributed by atoms with van der Waals surface area (Å²) in [5.74, 6) is 1.88. The molecule has 1 aromatic carbocycles. The zero-order chi connectivity index (χ0) is 12.4. The number of aromatic nitrogens is 1. The molecule has 0 aliphatic rings. The van der Waals surface area contributed by atoms with E-state index in [9.17, 15) is 0 Å². The van der Waals surface area contributed by atoms with Gasteiger partial charge in [-0.1, -0.05) is 6.07 Å². The van der Waals surface area contributed by atoms with Crippen molar-refractivity contribution in [1.82, 2.24) is 4.98 Å². The minimum absolute atomic E-state index is 0.608. The Morgan fingerprint density at radius 1 is 1.11 bits per heavy atom. The van der Waals surface area contributed by atoms with E-state index in [1.807, 2.05) is 30.3 Å². The quantitative estimate of drug-likeness (QED) is 0.763. The maximum Gasteiger partial charge on any atom is 0.181 e. The molecule has 0 fully saturated rings. The van der Waals surface area contributed by atoms with E-state index >= 15 is 0 Å². The van der Waals surface area contributed by atoms with Crippen molar-refractivity contribution < 1.29 is 8.83 Å². The first-order valence-corrected chi connectivity index (χ1v) is 5.95. The second kappa shape index (κ2) is 4.66. The number of furan rings is 1. The number of nitrogens with zero attached hydrogens (tertiary/aromatic N) is 1. The van der Waals surface area contributed by atoms with Crippen molar-refractivity contribution in [3.8, 4) is 0 Å². The first kappa shape index (κ1) is 11.0. The molecule has 0 spiro atoms. The van der Waals surface area contributed by atoms with Crippen molar-refractivity contribution in [1.29, 1.82) is 0 Å². The van der Waals surface area contributed by atoms with E-state index in [1.54, 1.807) is 0 Å². The van der Waals surface area contributed by atoms with E-state index < -0.39 is 0 Å². The molecule has 0 aliphatic carbocycles. The highest BCUT2D eigenvalue weighted by Crippen LogP contribution is 2.18. The lowest BCUT2D eigenvalue weighted by atomic mass is 10.1. The van der Waals surface area contributed by atoms with Gasteiger partial charge in [-0.05, 0) is 36.4 Å². The number of fused-ring (bicyclic) bond motifs is 1. The van der Waals surface area contributed by atoms with Gasteiger partial charge in [0.25, 0.3) is 0 Å². The fraction of sp³-hybridized carbons (Fsp3) is 0.214. The highest BCUT2D eigenvalue weighted by Gasteiger charge is 2.05. The third kappa shape index (κ3) is 2.15. The van der Waals surface area contributed by atoms with Crippen LogP contribution in [0.15, 0.2) is 45.6 Å². The topological polar surface area (TPSA) is 65.2 Å². The van der Waals surface area contributed by atoms with Gasteiger partial charge in [0.15, 0.2) is 12.0 Å². The number of rotatable bonds is 4. The summed E-state index contributed by atoms with van der Waals surface area (Å²) in [6.45, 7) is 0.608. The average molecular weight is 242 g/mol. The Labute approximate surface area is 104 Å². The van der Waals surface area contributed by atoms with Crippen molar-refractivity contribution in [2.75, 3.05) is 6.54 Å². The van der Waals surface area contributed by atoms with Crippen LogP contribution in [0.1, 0.15) is 17.1 Å². The normalized spacial score (nSPS) is 11.2. The van der Waals surface area contributed by atoms with E-state index in [4.69, 9.17) is 14.6 Å². The largest absolute Gasteiger partial charge is 0.466 e. The minimum Gasteiger partial charge on any atom is -0.466 e. The zero-order valence-corrected chi connectivity index (χ0v) is 9.93. The Hall–Kier alpha value is -2.07. The Kier molecular flexibility index (Phi) is 2.86. The molecule has 4 heteroatoms. The summed E-state index contributed by atoms with van der Waals surface area (Å²) in [4.78, 5) is 4.09. The molecule has 92 valence electrons. The smallest absolute Gasteiger partial charge is 0.181 e. The number of benzene rings is 1. The van der Waals surface area contributed by atoms with Crippen molar-refractivity contribution in [2.45, 2.75) is 12.8 Å². The van der Waals surface area contributed by atoms with E-state index in [-0.39, 0.29) is 0 Å². The number of hydrogen-bond donors (Lipinski definition) is 1. The van der Waals surface area contributed by atoms with Gasteiger partial charge in [-0.2, -0.15) is 0 Å². The van der Waals surface area contributed by atoms with Crippen LogP contribution in [0.2, 0.25) is 0 Å². The van der Waals surface area contributed by atoms with Gasteiger partial charge in [0.2, 0.25) is 0 Å². The predicted octanol–water partition coefficient (Wildman–Crippen LogP) is 2.51. The van der Waals surface area contributed by atoms with E-state index in [1.165, 1.54) is 6.39 Å². The molecule has 18 heavy (non-hydrogen) atoms. The minimum atomic E-state index is 0.608. The fourth-order valence-corrected chi connectivity index (χ4v) is 2.00. The Morgan fingerprint density at radius 2 is 2.00 bits per heavy atom. The summed E-state index contributed by atoms with van der Waals surface area (Å²) in [6.07, 6.45) is 2.99. The highest BCUT2D eigenvalue weighted by atomic mass is 16.3.